The van der Waals surface area contributed by atoms with Gasteiger partial charge < -0.3 is 35.2 Å². The summed E-state index contributed by atoms with van der Waals surface area (Å²) in [6, 6.07) is 7.07. The summed E-state index contributed by atoms with van der Waals surface area (Å²) in [5, 5.41) is 49.6. The van der Waals surface area contributed by atoms with Gasteiger partial charge in [0.1, 0.15) is 36.4 Å². The highest BCUT2D eigenvalue weighted by Crippen LogP contribution is 2.30. The fraction of sp³-hybridized carbons (Fsp3) is 0.400. The summed E-state index contributed by atoms with van der Waals surface area (Å²) in [4.78, 5) is 23.4. The SMILES string of the molecule is CC(=O)N[C@H]1[C@H]([C@H](O)[C@H](O)CO)OC(C(=O)O)=C[C@@H]1n1cc(COc2ccccc2)nn1. The normalized spacial score (nSPS) is 22.2. The molecule has 1 aromatic heterocycles. The average molecular weight is 448 g/mol. The van der Waals surface area contributed by atoms with Crippen molar-refractivity contribution in [3.63, 3.8) is 0 Å². The Morgan fingerprint density at radius 3 is 2.62 bits per heavy atom. The Labute approximate surface area is 182 Å². The van der Waals surface area contributed by atoms with Crippen LogP contribution in [0.15, 0.2) is 48.4 Å². The molecule has 0 saturated carbocycles. The number of hydrogen-bond donors (Lipinski definition) is 5. The zero-order valence-electron chi connectivity index (χ0n) is 17.1. The van der Waals surface area contributed by atoms with Crippen LogP contribution in [0.5, 0.6) is 5.75 Å². The molecule has 2 aromatic rings. The van der Waals surface area contributed by atoms with Crippen LogP contribution in [0.2, 0.25) is 0 Å². The third kappa shape index (κ3) is 5.41. The second kappa shape index (κ2) is 10.2. The summed E-state index contributed by atoms with van der Waals surface area (Å²) >= 11 is 0. The first-order valence-electron chi connectivity index (χ1n) is 9.74. The molecule has 0 bridgehead atoms. The first-order valence-corrected chi connectivity index (χ1v) is 9.74. The Bertz CT molecular complexity index is 964. The van der Waals surface area contributed by atoms with Crippen LogP contribution in [0.3, 0.4) is 0 Å². The molecule has 1 aromatic carbocycles. The minimum absolute atomic E-state index is 0.0861. The molecule has 2 heterocycles. The number of rotatable bonds is 9. The number of nitrogens with one attached hydrogen (secondary N) is 1. The predicted octanol–water partition coefficient (Wildman–Crippen LogP) is -1.02. The van der Waals surface area contributed by atoms with Crippen molar-refractivity contribution in [2.24, 2.45) is 0 Å². The van der Waals surface area contributed by atoms with E-state index >= 15 is 0 Å². The second-order valence-corrected chi connectivity index (χ2v) is 7.17. The van der Waals surface area contributed by atoms with E-state index < -0.39 is 54.6 Å². The molecule has 12 nitrogen and oxygen atoms in total. The van der Waals surface area contributed by atoms with Gasteiger partial charge in [0, 0.05) is 6.92 Å². The molecule has 1 aliphatic rings. The van der Waals surface area contributed by atoms with Crippen molar-refractivity contribution >= 4 is 11.9 Å². The van der Waals surface area contributed by atoms with E-state index in [1.54, 1.807) is 12.1 Å². The number of para-hydroxylation sites is 1. The molecule has 0 radical (unpaired) electrons. The van der Waals surface area contributed by atoms with Crippen molar-refractivity contribution in [3.8, 4) is 5.75 Å². The van der Waals surface area contributed by atoms with Gasteiger partial charge in [0.2, 0.25) is 11.7 Å². The van der Waals surface area contributed by atoms with Gasteiger partial charge in [-0.25, -0.2) is 9.48 Å². The van der Waals surface area contributed by atoms with Crippen molar-refractivity contribution in [2.45, 2.75) is 43.9 Å². The Balaban J connectivity index is 1.90. The predicted molar refractivity (Wildman–Crippen MR) is 107 cm³/mol. The van der Waals surface area contributed by atoms with Crippen LogP contribution < -0.4 is 10.1 Å². The number of hydrogen-bond acceptors (Lipinski definition) is 9. The topological polar surface area (TPSA) is 176 Å². The van der Waals surface area contributed by atoms with Gasteiger partial charge in [0.05, 0.1) is 24.9 Å². The molecular formula is C20H24N4O8. The van der Waals surface area contributed by atoms with E-state index in [1.165, 1.54) is 23.9 Å². The van der Waals surface area contributed by atoms with Gasteiger partial charge in [-0.1, -0.05) is 23.4 Å². The fourth-order valence-corrected chi connectivity index (χ4v) is 3.29. The lowest BCUT2D eigenvalue weighted by molar-refractivity contribution is -0.147. The summed E-state index contributed by atoms with van der Waals surface area (Å²) in [5.41, 5.74) is 0.430. The van der Waals surface area contributed by atoms with Crippen molar-refractivity contribution in [2.75, 3.05) is 6.61 Å². The quantitative estimate of drug-likeness (QED) is 0.319. The van der Waals surface area contributed by atoms with Crippen LogP contribution in [0.25, 0.3) is 0 Å². The zero-order valence-corrected chi connectivity index (χ0v) is 17.1. The molecule has 32 heavy (non-hydrogen) atoms. The molecule has 0 saturated heterocycles. The first kappa shape index (κ1) is 23.2. The smallest absolute Gasteiger partial charge is 0.370 e. The number of aliphatic hydroxyl groups is 3. The van der Waals surface area contributed by atoms with Gasteiger partial charge in [-0.15, -0.1) is 5.10 Å². The van der Waals surface area contributed by atoms with Gasteiger partial charge in [0.25, 0.3) is 0 Å². The van der Waals surface area contributed by atoms with Crippen LogP contribution in [0, 0.1) is 0 Å². The van der Waals surface area contributed by atoms with Gasteiger partial charge in [0.15, 0.2) is 0 Å². The molecule has 1 aliphatic heterocycles. The second-order valence-electron chi connectivity index (χ2n) is 7.17. The summed E-state index contributed by atoms with van der Waals surface area (Å²) in [7, 11) is 0. The molecule has 1 amide bonds. The molecule has 0 fully saturated rings. The van der Waals surface area contributed by atoms with Gasteiger partial charge in [-0.2, -0.15) is 0 Å². The van der Waals surface area contributed by atoms with Gasteiger partial charge in [-0.3, -0.25) is 4.79 Å². The Morgan fingerprint density at radius 2 is 2.00 bits per heavy atom. The average Bonchev–Trinajstić information content (AvgIpc) is 3.25. The highest BCUT2D eigenvalue weighted by atomic mass is 16.5. The number of ether oxygens (including phenoxy) is 2. The summed E-state index contributed by atoms with van der Waals surface area (Å²) in [6.45, 7) is 0.525. The van der Waals surface area contributed by atoms with Crippen molar-refractivity contribution in [3.05, 3.63) is 54.1 Å². The Hall–Kier alpha value is -3.48. The minimum Gasteiger partial charge on any atom is -0.487 e. The number of benzene rings is 1. The Kier molecular flexibility index (Phi) is 7.41. The number of carboxylic acids is 1. The lowest BCUT2D eigenvalue weighted by atomic mass is 9.92. The van der Waals surface area contributed by atoms with E-state index in [2.05, 4.69) is 15.6 Å². The number of amides is 1. The molecule has 0 spiro atoms. The lowest BCUT2D eigenvalue weighted by Gasteiger charge is -2.39. The van der Waals surface area contributed by atoms with E-state index in [0.29, 0.717) is 11.4 Å². The molecule has 5 atom stereocenters. The van der Waals surface area contributed by atoms with Crippen LogP contribution in [0.4, 0.5) is 0 Å². The van der Waals surface area contributed by atoms with E-state index in [1.807, 2.05) is 18.2 Å². The number of carbonyl (C=O) groups is 2. The van der Waals surface area contributed by atoms with Crippen molar-refractivity contribution in [1.29, 1.82) is 0 Å². The molecule has 172 valence electrons. The molecule has 12 heteroatoms. The maximum Gasteiger partial charge on any atom is 0.370 e. The molecule has 5 N–H and O–H groups in total. The molecule has 0 unspecified atom stereocenters. The number of aliphatic carboxylic acids is 1. The highest BCUT2D eigenvalue weighted by Gasteiger charge is 2.44. The number of aliphatic hydroxyl groups excluding tert-OH is 3. The van der Waals surface area contributed by atoms with Crippen molar-refractivity contribution in [1.82, 2.24) is 20.3 Å². The van der Waals surface area contributed by atoms with Gasteiger partial charge >= 0.3 is 5.97 Å². The molecular weight excluding hydrogens is 424 g/mol. The molecule has 0 aliphatic carbocycles. The molecule has 3 rings (SSSR count). The van der Waals surface area contributed by atoms with Gasteiger partial charge in [-0.05, 0) is 18.2 Å². The monoisotopic (exact) mass is 448 g/mol. The fourth-order valence-electron chi connectivity index (χ4n) is 3.29. The number of carbonyl (C=O) groups excluding carboxylic acids is 1. The largest absolute Gasteiger partial charge is 0.487 e. The van der Waals surface area contributed by atoms with Crippen LogP contribution in [-0.2, 0) is 20.9 Å². The summed E-state index contributed by atoms with van der Waals surface area (Å²) in [6.07, 6.45) is -2.00. The van der Waals surface area contributed by atoms with E-state index in [-0.39, 0.29) is 6.61 Å². The van der Waals surface area contributed by atoms with Crippen LogP contribution >= 0.6 is 0 Å². The van der Waals surface area contributed by atoms with Crippen LogP contribution in [-0.4, -0.2) is 78.3 Å². The maximum atomic E-state index is 11.8. The van der Waals surface area contributed by atoms with E-state index in [9.17, 15) is 30.0 Å². The van der Waals surface area contributed by atoms with Crippen LogP contribution in [0.1, 0.15) is 18.7 Å². The zero-order chi connectivity index (χ0) is 23.3. The third-order valence-corrected chi connectivity index (χ3v) is 4.80. The highest BCUT2D eigenvalue weighted by molar-refractivity contribution is 5.84. The number of aromatic nitrogens is 3. The lowest BCUT2D eigenvalue weighted by Crippen LogP contribution is -2.58. The number of nitrogens with zero attached hydrogens (tertiary/aromatic N) is 3. The van der Waals surface area contributed by atoms with E-state index in [4.69, 9.17) is 9.47 Å². The first-order chi connectivity index (χ1) is 15.3. The summed E-state index contributed by atoms with van der Waals surface area (Å²) in [5.74, 6) is -1.79. The van der Waals surface area contributed by atoms with E-state index in [0.717, 1.165) is 0 Å². The number of carboxylic acid groups (broad SMARTS) is 1. The van der Waals surface area contributed by atoms with Crippen molar-refractivity contribution < 1.29 is 39.5 Å². The third-order valence-electron chi connectivity index (χ3n) is 4.80. The summed E-state index contributed by atoms with van der Waals surface area (Å²) < 4.78 is 12.3. The Morgan fingerprint density at radius 1 is 1.28 bits per heavy atom. The standard InChI is InChI=1S/C20H24N4O8/c1-11(26)21-17-14(7-16(20(29)30)32-19(17)18(28)15(27)9-25)24-8-12(22-23-24)10-31-13-5-3-2-4-6-13/h2-8,14-15,17-19,25,27-28H,9-10H2,1H3,(H,21,26)(H,29,30)/t14-,15+,17+,18+,19+/m0/s1. The maximum absolute atomic E-state index is 11.8. The minimum atomic E-state index is -1.70.